The molecular formula is C20H31NO3Si. The van der Waals surface area contributed by atoms with Gasteiger partial charge in [0.15, 0.2) is 0 Å². The average Bonchev–Trinajstić information content (AvgIpc) is 2.69. The summed E-state index contributed by atoms with van der Waals surface area (Å²) in [6, 6.07) is 7.90. The third-order valence-corrected chi connectivity index (χ3v) is 9.07. The Morgan fingerprint density at radius 2 is 1.64 bits per heavy atom. The first-order valence-corrected chi connectivity index (χ1v) is 11.7. The van der Waals surface area contributed by atoms with E-state index in [4.69, 9.17) is 9.16 Å². The minimum absolute atomic E-state index is 0.139. The van der Waals surface area contributed by atoms with Crippen LogP contribution < -0.4 is 4.43 Å². The summed E-state index contributed by atoms with van der Waals surface area (Å²) in [4.78, 5) is 12.5. The smallest absolute Gasteiger partial charge is 0.419 e. The van der Waals surface area contributed by atoms with Crippen LogP contribution in [-0.4, -0.2) is 24.6 Å². The predicted molar refractivity (Wildman–Crippen MR) is 106 cm³/mol. The lowest BCUT2D eigenvalue weighted by molar-refractivity contribution is 0.0541. The van der Waals surface area contributed by atoms with Gasteiger partial charge >= 0.3 is 6.09 Å². The molecule has 0 aliphatic rings. The van der Waals surface area contributed by atoms with E-state index in [1.807, 2.05) is 52.0 Å². The highest BCUT2D eigenvalue weighted by Gasteiger charge is 2.39. The number of benzene rings is 1. The van der Waals surface area contributed by atoms with E-state index in [1.54, 1.807) is 4.57 Å². The molecule has 1 heterocycles. The molecule has 138 valence electrons. The second-order valence-electron chi connectivity index (χ2n) is 9.18. The number of hydrogen-bond donors (Lipinski definition) is 0. The van der Waals surface area contributed by atoms with E-state index in [1.165, 1.54) is 0 Å². The molecule has 0 saturated carbocycles. The SMILES string of the molecule is Cc1cc2cc(O[Si](C)(C)C(C)(C)C)ccc2n1C(=O)OC(C)(C)C. The number of carbonyl (C=O) groups is 1. The molecule has 0 N–H and O–H groups in total. The van der Waals surface area contributed by atoms with Crippen molar-refractivity contribution >= 4 is 25.3 Å². The molecule has 0 aliphatic heterocycles. The summed E-state index contributed by atoms with van der Waals surface area (Å²) in [6.45, 7) is 18.7. The lowest BCUT2D eigenvalue weighted by atomic mass is 10.2. The van der Waals surface area contributed by atoms with Crippen molar-refractivity contribution in [3.63, 3.8) is 0 Å². The Morgan fingerprint density at radius 1 is 1.04 bits per heavy atom. The van der Waals surface area contributed by atoms with Gasteiger partial charge in [0.2, 0.25) is 8.32 Å². The molecule has 0 saturated heterocycles. The number of aromatic nitrogens is 1. The van der Waals surface area contributed by atoms with Crippen molar-refractivity contribution in [1.29, 1.82) is 0 Å². The molecule has 0 aliphatic carbocycles. The lowest BCUT2D eigenvalue weighted by Crippen LogP contribution is -2.43. The standard InChI is InChI=1S/C20H31NO3Si/c1-14-12-15-13-16(24-25(8,9)20(5,6)7)10-11-17(15)21(14)18(22)23-19(2,3)4/h10-13H,1-9H3. The van der Waals surface area contributed by atoms with Crippen LogP contribution in [0.1, 0.15) is 47.2 Å². The highest BCUT2D eigenvalue weighted by molar-refractivity contribution is 6.74. The Bertz CT molecular complexity index is 792. The van der Waals surface area contributed by atoms with Crippen molar-refractivity contribution in [2.45, 2.75) is 72.2 Å². The van der Waals surface area contributed by atoms with Crippen LogP contribution in [0, 0.1) is 6.92 Å². The van der Waals surface area contributed by atoms with Crippen LogP contribution >= 0.6 is 0 Å². The zero-order chi connectivity index (χ0) is 19.2. The van der Waals surface area contributed by atoms with Crippen molar-refractivity contribution in [3.05, 3.63) is 30.0 Å². The average molecular weight is 362 g/mol. The number of ether oxygens (including phenoxy) is 1. The third kappa shape index (κ3) is 4.26. The monoisotopic (exact) mass is 361 g/mol. The van der Waals surface area contributed by atoms with Crippen LogP contribution in [0.25, 0.3) is 10.9 Å². The summed E-state index contributed by atoms with van der Waals surface area (Å²) < 4.78 is 13.5. The molecular weight excluding hydrogens is 330 g/mol. The minimum atomic E-state index is -1.89. The first kappa shape index (κ1) is 19.6. The number of rotatable bonds is 2. The maximum absolute atomic E-state index is 12.5. The second-order valence-corrected chi connectivity index (χ2v) is 13.9. The van der Waals surface area contributed by atoms with Gasteiger partial charge in [-0.3, -0.25) is 0 Å². The van der Waals surface area contributed by atoms with Gasteiger partial charge in [-0.2, -0.15) is 0 Å². The van der Waals surface area contributed by atoms with Gasteiger partial charge in [-0.15, -0.1) is 0 Å². The quantitative estimate of drug-likeness (QED) is 0.605. The number of nitrogens with zero attached hydrogens (tertiary/aromatic N) is 1. The van der Waals surface area contributed by atoms with Crippen LogP contribution in [0.3, 0.4) is 0 Å². The maximum atomic E-state index is 12.5. The fourth-order valence-electron chi connectivity index (χ4n) is 2.39. The normalized spacial score (nSPS) is 13.2. The summed E-state index contributed by atoms with van der Waals surface area (Å²) >= 11 is 0. The molecule has 0 spiro atoms. The first-order valence-electron chi connectivity index (χ1n) is 8.76. The van der Waals surface area contributed by atoms with Gasteiger partial charge in [0.05, 0.1) is 5.52 Å². The minimum Gasteiger partial charge on any atom is -0.543 e. The van der Waals surface area contributed by atoms with Gasteiger partial charge < -0.3 is 9.16 Å². The second kappa shape index (κ2) is 6.20. The molecule has 0 amide bonds. The zero-order valence-corrected chi connectivity index (χ0v) is 18.0. The summed E-state index contributed by atoms with van der Waals surface area (Å²) in [5.41, 5.74) is 1.17. The Kier molecular flexibility index (Phi) is 4.85. The molecule has 0 fully saturated rings. The number of carbonyl (C=O) groups excluding carboxylic acids is 1. The van der Waals surface area contributed by atoms with Gasteiger partial charge in [-0.05, 0) is 70.1 Å². The molecule has 0 bridgehead atoms. The topological polar surface area (TPSA) is 40.5 Å². The van der Waals surface area contributed by atoms with Crippen LogP contribution in [-0.2, 0) is 4.74 Å². The number of aryl methyl sites for hydroxylation is 1. The van der Waals surface area contributed by atoms with E-state index >= 15 is 0 Å². The van der Waals surface area contributed by atoms with Crippen molar-refractivity contribution in [3.8, 4) is 5.75 Å². The van der Waals surface area contributed by atoms with Gasteiger partial charge in [0, 0.05) is 11.1 Å². The van der Waals surface area contributed by atoms with E-state index in [-0.39, 0.29) is 11.1 Å². The molecule has 1 aromatic heterocycles. The molecule has 4 nitrogen and oxygen atoms in total. The summed E-state index contributed by atoms with van der Waals surface area (Å²) in [6.07, 6.45) is -0.349. The first-order chi connectivity index (χ1) is 11.2. The summed E-state index contributed by atoms with van der Waals surface area (Å²) in [7, 11) is -1.89. The van der Waals surface area contributed by atoms with Crippen molar-refractivity contribution in [2.75, 3.05) is 0 Å². The fraction of sp³-hybridized carbons (Fsp3) is 0.550. The maximum Gasteiger partial charge on any atom is 0.419 e. The largest absolute Gasteiger partial charge is 0.543 e. The predicted octanol–water partition coefficient (Wildman–Crippen LogP) is 6.12. The molecule has 1 aromatic carbocycles. The Morgan fingerprint density at radius 3 is 2.16 bits per heavy atom. The van der Waals surface area contributed by atoms with Gasteiger partial charge in [-0.25, -0.2) is 9.36 Å². The van der Waals surface area contributed by atoms with E-state index in [2.05, 4.69) is 33.9 Å². The fourth-order valence-corrected chi connectivity index (χ4v) is 3.41. The third-order valence-electron chi connectivity index (χ3n) is 4.71. The molecule has 0 atom stereocenters. The Hall–Kier alpha value is -1.75. The number of fused-ring (bicyclic) bond motifs is 1. The van der Waals surface area contributed by atoms with E-state index in [0.29, 0.717) is 0 Å². The van der Waals surface area contributed by atoms with E-state index in [0.717, 1.165) is 22.3 Å². The Balaban J connectivity index is 2.39. The van der Waals surface area contributed by atoms with Crippen molar-refractivity contribution in [1.82, 2.24) is 4.57 Å². The Labute approximate surface area is 152 Å². The molecule has 5 heteroatoms. The summed E-state index contributed by atoms with van der Waals surface area (Å²) in [5, 5.41) is 1.12. The molecule has 0 radical (unpaired) electrons. The van der Waals surface area contributed by atoms with Crippen LogP contribution in [0.15, 0.2) is 24.3 Å². The van der Waals surface area contributed by atoms with Gasteiger partial charge in [0.1, 0.15) is 11.4 Å². The lowest BCUT2D eigenvalue weighted by Gasteiger charge is -2.36. The van der Waals surface area contributed by atoms with Crippen LogP contribution in [0.2, 0.25) is 18.1 Å². The highest BCUT2D eigenvalue weighted by atomic mass is 28.4. The van der Waals surface area contributed by atoms with Gasteiger partial charge in [0.25, 0.3) is 0 Å². The van der Waals surface area contributed by atoms with Crippen LogP contribution in [0.5, 0.6) is 5.75 Å². The molecule has 25 heavy (non-hydrogen) atoms. The van der Waals surface area contributed by atoms with Gasteiger partial charge in [-0.1, -0.05) is 20.8 Å². The summed E-state index contributed by atoms with van der Waals surface area (Å²) in [5.74, 6) is 0.862. The van der Waals surface area contributed by atoms with Crippen LogP contribution in [0.4, 0.5) is 4.79 Å². The molecule has 2 rings (SSSR count). The van der Waals surface area contributed by atoms with Crippen molar-refractivity contribution < 1.29 is 14.0 Å². The zero-order valence-electron chi connectivity index (χ0n) is 17.0. The molecule has 2 aromatic rings. The number of hydrogen-bond acceptors (Lipinski definition) is 3. The van der Waals surface area contributed by atoms with E-state index < -0.39 is 13.9 Å². The highest BCUT2D eigenvalue weighted by Crippen LogP contribution is 2.38. The van der Waals surface area contributed by atoms with Crippen molar-refractivity contribution in [2.24, 2.45) is 0 Å². The molecule has 0 unspecified atom stereocenters. The van der Waals surface area contributed by atoms with E-state index in [9.17, 15) is 4.79 Å².